The van der Waals surface area contributed by atoms with Gasteiger partial charge in [-0.3, -0.25) is 4.98 Å². The van der Waals surface area contributed by atoms with Crippen molar-refractivity contribution in [3.63, 3.8) is 0 Å². The van der Waals surface area contributed by atoms with Crippen molar-refractivity contribution in [1.82, 2.24) is 4.98 Å². The summed E-state index contributed by atoms with van der Waals surface area (Å²) < 4.78 is 10.6. The first-order chi connectivity index (χ1) is 9.74. The fraction of sp³-hybridized carbons (Fsp3) is 0.312. The van der Waals surface area contributed by atoms with Gasteiger partial charge in [0, 0.05) is 29.6 Å². The number of hydrogen-bond donors (Lipinski definition) is 1. The van der Waals surface area contributed by atoms with Gasteiger partial charge in [0.25, 0.3) is 0 Å². The van der Waals surface area contributed by atoms with E-state index in [4.69, 9.17) is 15.2 Å². The third-order valence-corrected chi connectivity index (χ3v) is 3.28. The van der Waals surface area contributed by atoms with Crippen LogP contribution in [-0.2, 0) is 6.42 Å². The Labute approximate surface area is 119 Å². The highest BCUT2D eigenvalue weighted by Gasteiger charge is 2.13. The van der Waals surface area contributed by atoms with Crippen molar-refractivity contribution in [3.8, 4) is 11.5 Å². The van der Waals surface area contributed by atoms with Crippen molar-refractivity contribution in [1.29, 1.82) is 0 Å². The predicted molar refractivity (Wildman–Crippen MR) is 79.0 cm³/mol. The lowest BCUT2D eigenvalue weighted by Gasteiger charge is -2.16. The van der Waals surface area contributed by atoms with Gasteiger partial charge in [0.1, 0.15) is 11.5 Å². The van der Waals surface area contributed by atoms with Crippen LogP contribution in [0.3, 0.4) is 0 Å². The molecule has 1 heterocycles. The van der Waals surface area contributed by atoms with Crippen LogP contribution < -0.4 is 15.2 Å². The molecule has 1 aromatic heterocycles. The minimum atomic E-state index is -0.0853. The second-order valence-electron chi connectivity index (χ2n) is 4.57. The van der Waals surface area contributed by atoms with Gasteiger partial charge in [0.05, 0.1) is 14.2 Å². The minimum absolute atomic E-state index is 0.0853. The fourth-order valence-electron chi connectivity index (χ4n) is 2.13. The summed E-state index contributed by atoms with van der Waals surface area (Å²) in [7, 11) is 3.28. The van der Waals surface area contributed by atoms with Gasteiger partial charge in [-0.05, 0) is 31.0 Å². The quantitative estimate of drug-likeness (QED) is 0.878. The number of nitrogens with zero attached hydrogens (tertiary/aromatic N) is 1. The van der Waals surface area contributed by atoms with Crippen molar-refractivity contribution < 1.29 is 9.47 Å². The molecule has 4 nitrogen and oxygen atoms in total. The molecule has 0 spiro atoms. The SMILES string of the molecule is COc1ccc(C(N)CCc2ccccn2)c(OC)c1. The van der Waals surface area contributed by atoms with Crippen LogP contribution >= 0.6 is 0 Å². The molecule has 0 fully saturated rings. The maximum Gasteiger partial charge on any atom is 0.127 e. The minimum Gasteiger partial charge on any atom is -0.497 e. The molecule has 0 aliphatic rings. The molecule has 0 bridgehead atoms. The van der Waals surface area contributed by atoms with Crippen LogP contribution in [0.15, 0.2) is 42.6 Å². The number of benzene rings is 1. The highest BCUT2D eigenvalue weighted by atomic mass is 16.5. The molecule has 20 heavy (non-hydrogen) atoms. The van der Waals surface area contributed by atoms with E-state index in [-0.39, 0.29) is 6.04 Å². The molecule has 0 saturated heterocycles. The largest absolute Gasteiger partial charge is 0.497 e. The number of pyridine rings is 1. The number of aromatic nitrogens is 1. The molecule has 0 aliphatic carbocycles. The number of aryl methyl sites for hydroxylation is 1. The van der Waals surface area contributed by atoms with E-state index in [1.54, 1.807) is 20.4 Å². The standard InChI is InChI=1S/C16H20N2O2/c1-19-13-7-8-14(16(11-13)20-2)15(17)9-6-12-5-3-4-10-18-12/h3-5,7-8,10-11,15H,6,9,17H2,1-2H3. The smallest absolute Gasteiger partial charge is 0.127 e. The van der Waals surface area contributed by atoms with Gasteiger partial charge in [-0.2, -0.15) is 0 Å². The molecule has 0 amide bonds. The molecule has 4 heteroatoms. The number of hydrogen-bond acceptors (Lipinski definition) is 4. The van der Waals surface area contributed by atoms with Gasteiger partial charge in [0.15, 0.2) is 0 Å². The molecule has 1 aromatic carbocycles. The van der Waals surface area contributed by atoms with E-state index in [2.05, 4.69) is 4.98 Å². The molecule has 1 unspecified atom stereocenters. The van der Waals surface area contributed by atoms with Crippen molar-refractivity contribution in [2.24, 2.45) is 5.73 Å². The van der Waals surface area contributed by atoms with Gasteiger partial charge in [-0.15, -0.1) is 0 Å². The lowest BCUT2D eigenvalue weighted by molar-refractivity contribution is 0.387. The van der Waals surface area contributed by atoms with E-state index in [0.29, 0.717) is 0 Å². The Balaban J connectivity index is 2.07. The summed E-state index contributed by atoms with van der Waals surface area (Å²) in [5.41, 5.74) is 8.30. The van der Waals surface area contributed by atoms with Crippen LogP contribution in [0.25, 0.3) is 0 Å². The van der Waals surface area contributed by atoms with Crippen molar-refractivity contribution >= 4 is 0 Å². The lowest BCUT2D eigenvalue weighted by atomic mass is 10.0. The zero-order valence-electron chi connectivity index (χ0n) is 11.9. The van der Waals surface area contributed by atoms with E-state index >= 15 is 0 Å². The predicted octanol–water partition coefficient (Wildman–Crippen LogP) is 2.73. The number of nitrogens with two attached hydrogens (primary N) is 1. The molecule has 0 aliphatic heterocycles. The molecule has 2 rings (SSSR count). The highest BCUT2D eigenvalue weighted by molar-refractivity contribution is 5.42. The highest BCUT2D eigenvalue weighted by Crippen LogP contribution is 2.30. The molecule has 2 aromatic rings. The summed E-state index contributed by atoms with van der Waals surface area (Å²) in [6.45, 7) is 0. The summed E-state index contributed by atoms with van der Waals surface area (Å²) in [6, 6.07) is 11.5. The Morgan fingerprint density at radius 3 is 2.65 bits per heavy atom. The van der Waals surface area contributed by atoms with Crippen LogP contribution in [-0.4, -0.2) is 19.2 Å². The zero-order chi connectivity index (χ0) is 14.4. The maximum absolute atomic E-state index is 6.26. The molecule has 0 radical (unpaired) electrons. The van der Waals surface area contributed by atoms with Gasteiger partial charge >= 0.3 is 0 Å². The van der Waals surface area contributed by atoms with Gasteiger partial charge in [0.2, 0.25) is 0 Å². The molecule has 0 saturated carbocycles. The molecular formula is C16H20N2O2. The molecule has 1 atom stereocenters. The van der Waals surface area contributed by atoms with E-state index in [0.717, 1.165) is 35.6 Å². The summed E-state index contributed by atoms with van der Waals surface area (Å²) in [6.07, 6.45) is 3.46. The fourth-order valence-corrected chi connectivity index (χ4v) is 2.13. The van der Waals surface area contributed by atoms with Crippen molar-refractivity contribution in [2.75, 3.05) is 14.2 Å². The molecular weight excluding hydrogens is 252 g/mol. The van der Waals surface area contributed by atoms with Crippen molar-refractivity contribution in [3.05, 3.63) is 53.9 Å². The summed E-state index contributed by atoms with van der Waals surface area (Å²) >= 11 is 0. The van der Waals surface area contributed by atoms with E-state index in [1.165, 1.54) is 0 Å². The molecule has 2 N–H and O–H groups in total. The van der Waals surface area contributed by atoms with E-state index in [1.807, 2.05) is 36.4 Å². The second-order valence-corrected chi connectivity index (χ2v) is 4.57. The number of rotatable bonds is 6. The molecule has 106 valence electrons. The Morgan fingerprint density at radius 2 is 2.00 bits per heavy atom. The Morgan fingerprint density at radius 1 is 1.15 bits per heavy atom. The summed E-state index contributed by atoms with van der Waals surface area (Å²) in [5, 5.41) is 0. The Kier molecular flexibility index (Phi) is 4.96. The topological polar surface area (TPSA) is 57.4 Å². The second kappa shape index (κ2) is 6.91. The monoisotopic (exact) mass is 272 g/mol. The zero-order valence-corrected chi connectivity index (χ0v) is 11.9. The Hall–Kier alpha value is -2.07. The van der Waals surface area contributed by atoms with Crippen LogP contribution in [0.2, 0.25) is 0 Å². The summed E-state index contributed by atoms with van der Waals surface area (Å²) in [4.78, 5) is 4.31. The first-order valence-electron chi connectivity index (χ1n) is 6.62. The van der Waals surface area contributed by atoms with E-state index in [9.17, 15) is 0 Å². The third kappa shape index (κ3) is 3.48. The first kappa shape index (κ1) is 14.3. The number of ether oxygens (including phenoxy) is 2. The van der Waals surface area contributed by atoms with Gasteiger partial charge in [-0.1, -0.05) is 12.1 Å². The van der Waals surface area contributed by atoms with Gasteiger partial charge in [-0.25, -0.2) is 0 Å². The summed E-state index contributed by atoms with van der Waals surface area (Å²) in [5.74, 6) is 1.53. The van der Waals surface area contributed by atoms with Crippen LogP contribution in [0.4, 0.5) is 0 Å². The van der Waals surface area contributed by atoms with Crippen LogP contribution in [0, 0.1) is 0 Å². The third-order valence-electron chi connectivity index (χ3n) is 3.28. The average Bonchev–Trinajstić information content (AvgIpc) is 2.52. The first-order valence-corrected chi connectivity index (χ1v) is 6.62. The maximum atomic E-state index is 6.26. The van der Waals surface area contributed by atoms with E-state index < -0.39 is 0 Å². The average molecular weight is 272 g/mol. The number of methoxy groups -OCH3 is 2. The lowest BCUT2D eigenvalue weighted by Crippen LogP contribution is -2.13. The normalized spacial score (nSPS) is 11.9. The van der Waals surface area contributed by atoms with Crippen LogP contribution in [0.5, 0.6) is 11.5 Å². The van der Waals surface area contributed by atoms with Gasteiger partial charge < -0.3 is 15.2 Å². The van der Waals surface area contributed by atoms with Crippen molar-refractivity contribution in [2.45, 2.75) is 18.9 Å². The van der Waals surface area contributed by atoms with Crippen LogP contribution in [0.1, 0.15) is 23.7 Å². The Bertz CT molecular complexity index is 543.